The van der Waals surface area contributed by atoms with Gasteiger partial charge in [-0.1, -0.05) is 24.4 Å². The van der Waals surface area contributed by atoms with Crippen LogP contribution in [0, 0.1) is 0 Å². The summed E-state index contributed by atoms with van der Waals surface area (Å²) in [5.74, 6) is 0.0831. The molecule has 0 aromatic heterocycles. The van der Waals surface area contributed by atoms with Crippen molar-refractivity contribution < 1.29 is 17.9 Å². The molecule has 0 bridgehead atoms. The molecule has 29 heavy (non-hydrogen) atoms. The molecular formula is C20H28ClN3O4S. The molecule has 1 amide bonds. The van der Waals surface area contributed by atoms with Crippen molar-refractivity contribution in [2.24, 2.45) is 0 Å². The Morgan fingerprint density at radius 2 is 1.72 bits per heavy atom. The zero-order chi connectivity index (χ0) is 20.4. The third kappa shape index (κ3) is 4.61. The Morgan fingerprint density at radius 3 is 2.45 bits per heavy atom. The number of rotatable bonds is 4. The molecule has 2 saturated heterocycles. The minimum atomic E-state index is -3.56. The number of sulfonamides is 1. The lowest BCUT2D eigenvalue weighted by molar-refractivity contribution is -0.140. The highest BCUT2D eigenvalue weighted by Crippen LogP contribution is 2.28. The molecule has 2 atom stereocenters. The van der Waals surface area contributed by atoms with Crippen molar-refractivity contribution >= 4 is 27.5 Å². The van der Waals surface area contributed by atoms with Crippen LogP contribution >= 0.6 is 11.6 Å². The van der Waals surface area contributed by atoms with Crippen LogP contribution in [-0.4, -0.2) is 86.5 Å². The Labute approximate surface area is 177 Å². The summed E-state index contributed by atoms with van der Waals surface area (Å²) >= 11 is 5.86. The van der Waals surface area contributed by atoms with Crippen LogP contribution in [0.3, 0.4) is 0 Å². The summed E-state index contributed by atoms with van der Waals surface area (Å²) in [5.41, 5.74) is 0. The van der Waals surface area contributed by atoms with E-state index in [1.165, 1.54) is 29.3 Å². The van der Waals surface area contributed by atoms with Crippen LogP contribution in [0.15, 0.2) is 29.2 Å². The van der Waals surface area contributed by atoms with E-state index in [9.17, 15) is 13.2 Å². The predicted molar refractivity (Wildman–Crippen MR) is 110 cm³/mol. The van der Waals surface area contributed by atoms with E-state index in [0.29, 0.717) is 50.4 Å². The summed E-state index contributed by atoms with van der Waals surface area (Å²) in [7, 11) is -3.56. The van der Waals surface area contributed by atoms with Crippen molar-refractivity contribution in [2.75, 3.05) is 45.9 Å². The van der Waals surface area contributed by atoms with E-state index in [-0.39, 0.29) is 16.9 Å². The lowest BCUT2D eigenvalue weighted by Gasteiger charge is -2.44. The molecule has 1 aromatic carbocycles. The summed E-state index contributed by atoms with van der Waals surface area (Å²) < 4.78 is 33.0. The monoisotopic (exact) mass is 441 g/mol. The highest BCUT2D eigenvalue weighted by atomic mass is 35.5. The normalized spacial score (nSPS) is 26.9. The van der Waals surface area contributed by atoms with Gasteiger partial charge in [0, 0.05) is 43.8 Å². The fraction of sp³-hybridized carbons (Fsp3) is 0.650. The number of benzene rings is 1. The van der Waals surface area contributed by atoms with Gasteiger partial charge >= 0.3 is 0 Å². The third-order valence-corrected chi connectivity index (χ3v) is 8.39. The summed E-state index contributed by atoms with van der Waals surface area (Å²) in [6.45, 7) is 3.33. The maximum absolute atomic E-state index is 12.9. The first kappa shape index (κ1) is 21.1. The van der Waals surface area contributed by atoms with Crippen LogP contribution in [-0.2, 0) is 19.6 Å². The Bertz CT molecular complexity index is 823. The first-order valence-corrected chi connectivity index (χ1v) is 12.2. The summed E-state index contributed by atoms with van der Waals surface area (Å²) in [6.07, 6.45) is 4.82. The quantitative estimate of drug-likeness (QED) is 0.712. The molecule has 0 radical (unpaired) electrons. The van der Waals surface area contributed by atoms with Crippen LogP contribution < -0.4 is 0 Å². The zero-order valence-corrected chi connectivity index (χ0v) is 18.1. The molecule has 7 nitrogen and oxygen atoms in total. The molecule has 1 saturated carbocycles. The van der Waals surface area contributed by atoms with E-state index in [1.807, 2.05) is 0 Å². The molecule has 2 unspecified atom stereocenters. The van der Waals surface area contributed by atoms with Crippen LogP contribution in [0.1, 0.15) is 25.7 Å². The average Bonchev–Trinajstić information content (AvgIpc) is 2.74. The van der Waals surface area contributed by atoms with Gasteiger partial charge in [0.05, 0.1) is 24.2 Å². The number of morpholine rings is 1. The van der Waals surface area contributed by atoms with Crippen LogP contribution in [0.25, 0.3) is 0 Å². The average molecular weight is 442 g/mol. The Kier molecular flexibility index (Phi) is 6.46. The Hall–Kier alpha value is -1.19. The van der Waals surface area contributed by atoms with Crippen molar-refractivity contribution in [1.29, 1.82) is 0 Å². The Balaban J connectivity index is 1.33. The predicted octanol–water partition coefficient (Wildman–Crippen LogP) is 1.82. The first-order chi connectivity index (χ1) is 13.9. The van der Waals surface area contributed by atoms with Gasteiger partial charge in [-0.25, -0.2) is 8.42 Å². The first-order valence-electron chi connectivity index (χ1n) is 10.3. The number of piperazine rings is 1. The molecule has 2 aliphatic heterocycles. The fourth-order valence-electron chi connectivity index (χ4n) is 4.58. The third-order valence-electron chi connectivity index (χ3n) is 6.23. The number of fused-ring (bicyclic) bond motifs is 1. The number of ether oxygens (including phenoxy) is 1. The SMILES string of the molecule is O=C(CN1CCOC2CCCCC21)N1CCN(S(=O)(=O)c2ccc(Cl)cc2)CC1. The van der Waals surface area contributed by atoms with Gasteiger partial charge in [0.2, 0.25) is 15.9 Å². The lowest BCUT2D eigenvalue weighted by Crippen LogP contribution is -2.57. The van der Waals surface area contributed by atoms with Gasteiger partial charge in [-0.3, -0.25) is 9.69 Å². The van der Waals surface area contributed by atoms with Gasteiger partial charge < -0.3 is 9.64 Å². The highest BCUT2D eigenvalue weighted by Gasteiger charge is 2.36. The smallest absolute Gasteiger partial charge is 0.243 e. The number of nitrogens with zero attached hydrogens (tertiary/aromatic N) is 3. The molecule has 0 N–H and O–H groups in total. The molecule has 2 heterocycles. The van der Waals surface area contributed by atoms with Gasteiger partial charge in [-0.15, -0.1) is 0 Å². The van der Waals surface area contributed by atoms with Crippen molar-refractivity contribution in [3.8, 4) is 0 Å². The summed E-state index contributed by atoms with van der Waals surface area (Å²) in [4.78, 5) is 17.2. The number of halogens is 1. The second kappa shape index (κ2) is 8.89. The Morgan fingerprint density at radius 1 is 1.03 bits per heavy atom. The molecule has 1 aromatic rings. The van der Waals surface area contributed by atoms with Crippen LogP contribution in [0.5, 0.6) is 0 Å². The fourth-order valence-corrected chi connectivity index (χ4v) is 6.13. The maximum atomic E-state index is 12.9. The molecular weight excluding hydrogens is 414 g/mol. The van der Waals surface area contributed by atoms with E-state index >= 15 is 0 Å². The van der Waals surface area contributed by atoms with E-state index in [0.717, 1.165) is 19.4 Å². The number of hydrogen-bond acceptors (Lipinski definition) is 5. The van der Waals surface area contributed by atoms with Crippen LogP contribution in [0.4, 0.5) is 0 Å². The number of carbonyl (C=O) groups is 1. The van der Waals surface area contributed by atoms with E-state index in [2.05, 4.69) is 4.90 Å². The molecule has 160 valence electrons. The molecule has 0 spiro atoms. The molecule has 1 aliphatic carbocycles. The summed E-state index contributed by atoms with van der Waals surface area (Å²) in [6, 6.07) is 6.54. The number of carbonyl (C=O) groups excluding carboxylic acids is 1. The van der Waals surface area contributed by atoms with Gasteiger partial charge in [-0.2, -0.15) is 4.31 Å². The highest BCUT2D eigenvalue weighted by molar-refractivity contribution is 7.89. The summed E-state index contributed by atoms with van der Waals surface area (Å²) in [5, 5.41) is 0.502. The minimum Gasteiger partial charge on any atom is -0.375 e. The van der Waals surface area contributed by atoms with E-state index < -0.39 is 10.0 Å². The zero-order valence-electron chi connectivity index (χ0n) is 16.5. The van der Waals surface area contributed by atoms with Gasteiger partial charge in [-0.05, 0) is 37.1 Å². The molecule has 3 fully saturated rings. The minimum absolute atomic E-state index is 0.0831. The topological polar surface area (TPSA) is 70.2 Å². The second-order valence-corrected chi connectivity index (χ2v) is 10.3. The van der Waals surface area contributed by atoms with Crippen molar-refractivity contribution in [3.05, 3.63) is 29.3 Å². The second-order valence-electron chi connectivity index (χ2n) is 7.97. The molecule has 3 aliphatic rings. The molecule has 9 heteroatoms. The van der Waals surface area contributed by atoms with Gasteiger partial charge in [0.15, 0.2) is 0 Å². The van der Waals surface area contributed by atoms with Crippen molar-refractivity contribution in [3.63, 3.8) is 0 Å². The largest absolute Gasteiger partial charge is 0.375 e. The van der Waals surface area contributed by atoms with E-state index in [1.54, 1.807) is 17.0 Å². The van der Waals surface area contributed by atoms with E-state index in [4.69, 9.17) is 16.3 Å². The van der Waals surface area contributed by atoms with Crippen molar-refractivity contribution in [2.45, 2.75) is 42.7 Å². The van der Waals surface area contributed by atoms with Crippen LogP contribution in [0.2, 0.25) is 5.02 Å². The molecule has 4 rings (SSSR count). The van der Waals surface area contributed by atoms with Gasteiger partial charge in [0.25, 0.3) is 0 Å². The maximum Gasteiger partial charge on any atom is 0.243 e. The number of amides is 1. The van der Waals surface area contributed by atoms with Crippen molar-refractivity contribution in [1.82, 2.24) is 14.1 Å². The number of hydrogen-bond donors (Lipinski definition) is 0. The lowest BCUT2D eigenvalue weighted by atomic mass is 9.90. The van der Waals surface area contributed by atoms with Gasteiger partial charge in [0.1, 0.15) is 0 Å². The standard InChI is InChI=1S/C20H28ClN3O4S/c21-16-5-7-17(8-6-16)29(26,27)24-11-9-22(10-12-24)20(25)15-23-13-14-28-19-4-2-1-3-18(19)23/h5-8,18-19H,1-4,9-15H2.